The molecule has 0 heterocycles. The number of anilines is 1. The number of terminal acetylenes is 1. The molecule has 2 aromatic rings. The van der Waals surface area contributed by atoms with Gasteiger partial charge in [0.25, 0.3) is 0 Å². The number of benzene rings is 2. The second kappa shape index (κ2) is 7.20. The van der Waals surface area contributed by atoms with Gasteiger partial charge in [0.05, 0.1) is 7.11 Å². The van der Waals surface area contributed by atoms with Crippen LogP contribution in [-0.4, -0.2) is 13.7 Å². The Morgan fingerprint density at radius 2 is 2.00 bits per heavy atom. The highest BCUT2D eigenvalue weighted by Crippen LogP contribution is 2.23. The van der Waals surface area contributed by atoms with Crippen LogP contribution in [0.4, 0.5) is 10.1 Å². The number of halogens is 1. The quantitative estimate of drug-likeness (QED) is 0.825. The van der Waals surface area contributed by atoms with Crippen molar-refractivity contribution in [1.29, 1.82) is 0 Å². The van der Waals surface area contributed by atoms with Gasteiger partial charge in [0.15, 0.2) is 11.6 Å². The first kappa shape index (κ1) is 14.7. The lowest BCUT2D eigenvalue weighted by atomic mass is 10.2. The van der Waals surface area contributed by atoms with Crippen LogP contribution in [0.1, 0.15) is 5.56 Å². The molecular weight excluding hydrogens is 269 g/mol. The van der Waals surface area contributed by atoms with E-state index in [1.54, 1.807) is 12.1 Å². The van der Waals surface area contributed by atoms with Crippen molar-refractivity contribution in [3.05, 3.63) is 53.8 Å². The largest absolute Gasteiger partial charge is 0.494 e. The summed E-state index contributed by atoms with van der Waals surface area (Å²) in [6.45, 7) is 0.723. The molecule has 3 nitrogen and oxygen atoms in total. The Hall–Kier alpha value is -2.67. The number of methoxy groups -OCH3 is 1. The van der Waals surface area contributed by atoms with E-state index in [2.05, 4.69) is 11.2 Å². The fourth-order valence-corrected chi connectivity index (χ4v) is 1.88. The summed E-state index contributed by atoms with van der Waals surface area (Å²) in [4.78, 5) is 0. The predicted molar refractivity (Wildman–Crippen MR) is 81.0 cm³/mol. The molecule has 0 aliphatic carbocycles. The molecule has 0 aliphatic heterocycles. The highest BCUT2D eigenvalue weighted by atomic mass is 19.1. The smallest absolute Gasteiger partial charge is 0.167 e. The minimum absolute atomic E-state index is 0.216. The molecule has 0 spiro atoms. The molecule has 21 heavy (non-hydrogen) atoms. The van der Waals surface area contributed by atoms with Crippen molar-refractivity contribution in [3.63, 3.8) is 0 Å². The van der Waals surface area contributed by atoms with Gasteiger partial charge in [-0.2, -0.15) is 0 Å². The number of hydrogen-bond acceptors (Lipinski definition) is 3. The Labute approximate surface area is 123 Å². The van der Waals surface area contributed by atoms with E-state index in [0.717, 1.165) is 11.3 Å². The third kappa shape index (κ3) is 3.90. The highest BCUT2D eigenvalue weighted by Gasteiger charge is 2.05. The zero-order valence-electron chi connectivity index (χ0n) is 11.7. The molecule has 4 heteroatoms. The molecule has 0 fully saturated rings. The van der Waals surface area contributed by atoms with Crippen LogP contribution < -0.4 is 14.8 Å². The second-order valence-corrected chi connectivity index (χ2v) is 4.30. The maximum atomic E-state index is 13.6. The fraction of sp³-hybridized carbons (Fsp3) is 0.176. The molecule has 0 saturated carbocycles. The zero-order chi connectivity index (χ0) is 15.1. The summed E-state index contributed by atoms with van der Waals surface area (Å²) >= 11 is 0. The first-order valence-electron chi connectivity index (χ1n) is 6.46. The Morgan fingerprint density at radius 1 is 1.19 bits per heavy atom. The van der Waals surface area contributed by atoms with E-state index in [-0.39, 0.29) is 12.4 Å². The third-order valence-electron chi connectivity index (χ3n) is 2.92. The van der Waals surface area contributed by atoms with Crippen LogP contribution in [0.5, 0.6) is 11.5 Å². The third-order valence-corrected chi connectivity index (χ3v) is 2.92. The molecule has 0 amide bonds. The first-order chi connectivity index (χ1) is 10.2. The lowest BCUT2D eigenvalue weighted by Crippen LogP contribution is -2.04. The topological polar surface area (TPSA) is 30.5 Å². The second-order valence-electron chi connectivity index (χ2n) is 4.30. The Balaban J connectivity index is 2.06. The molecule has 108 valence electrons. The van der Waals surface area contributed by atoms with E-state index in [1.807, 2.05) is 24.3 Å². The average Bonchev–Trinajstić information content (AvgIpc) is 2.52. The lowest BCUT2D eigenvalue weighted by Gasteiger charge is -2.12. The monoisotopic (exact) mass is 285 g/mol. The van der Waals surface area contributed by atoms with E-state index >= 15 is 0 Å². The molecule has 0 atom stereocenters. The van der Waals surface area contributed by atoms with Gasteiger partial charge < -0.3 is 14.8 Å². The number of nitrogens with one attached hydrogen (secondary N) is 1. The van der Waals surface area contributed by atoms with E-state index in [9.17, 15) is 4.39 Å². The molecular formula is C17H16FNO2. The van der Waals surface area contributed by atoms with Crippen LogP contribution >= 0.6 is 0 Å². The van der Waals surface area contributed by atoms with Gasteiger partial charge in [-0.15, -0.1) is 6.42 Å². The van der Waals surface area contributed by atoms with Gasteiger partial charge in [-0.05, 0) is 18.2 Å². The van der Waals surface area contributed by atoms with E-state index < -0.39 is 5.82 Å². The maximum Gasteiger partial charge on any atom is 0.167 e. The molecule has 2 rings (SSSR count). The molecule has 0 bridgehead atoms. The lowest BCUT2D eigenvalue weighted by molar-refractivity contribution is 0.366. The summed E-state index contributed by atoms with van der Waals surface area (Å²) in [7, 11) is 1.44. The number of para-hydroxylation sites is 1. The highest BCUT2D eigenvalue weighted by molar-refractivity contribution is 5.48. The van der Waals surface area contributed by atoms with Crippen molar-refractivity contribution in [2.45, 2.75) is 6.54 Å². The summed E-state index contributed by atoms with van der Waals surface area (Å²) in [5.41, 5.74) is 1.61. The summed E-state index contributed by atoms with van der Waals surface area (Å²) in [6, 6.07) is 12.3. The van der Waals surface area contributed by atoms with Gasteiger partial charge in [0.2, 0.25) is 0 Å². The van der Waals surface area contributed by atoms with Crippen LogP contribution in [0.3, 0.4) is 0 Å². The van der Waals surface area contributed by atoms with Gasteiger partial charge >= 0.3 is 0 Å². The molecule has 0 aromatic heterocycles. The van der Waals surface area contributed by atoms with Gasteiger partial charge in [-0.25, -0.2) is 4.39 Å². The van der Waals surface area contributed by atoms with Crippen molar-refractivity contribution in [2.75, 3.05) is 19.0 Å². The van der Waals surface area contributed by atoms with Crippen molar-refractivity contribution < 1.29 is 13.9 Å². The molecule has 0 radical (unpaired) electrons. The molecule has 0 saturated heterocycles. The summed E-state index contributed by atoms with van der Waals surface area (Å²) in [6.07, 6.45) is 5.19. The van der Waals surface area contributed by atoms with Crippen LogP contribution in [-0.2, 0) is 6.54 Å². The van der Waals surface area contributed by atoms with Crippen molar-refractivity contribution in [2.24, 2.45) is 0 Å². The van der Waals surface area contributed by atoms with Crippen LogP contribution in [0, 0.1) is 18.2 Å². The van der Waals surface area contributed by atoms with E-state index in [1.165, 1.54) is 13.2 Å². The molecule has 0 unspecified atom stereocenters. The minimum atomic E-state index is -0.403. The van der Waals surface area contributed by atoms with Crippen molar-refractivity contribution in [1.82, 2.24) is 0 Å². The molecule has 0 aliphatic rings. The van der Waals surface area contributed by atoms with Crippen molar-refractivity contribution >= 4 is 5.69 Å². The van der Waals surface area contributed by atoms with Crippen LogP contribution in [0.2, 0.25) is 0 Å². The predicted octanol–water partition coefficient (Wildman–Crippen LogP) is 3.46. The van der Waals surface area contributed by atoms with Gasteiger partial charge in [-0.3, -0.25) is 0 Å². The maximum absolute atomic E-state index is 13.6. The number of hydrogen-bond donors (Lipinski definition) is 1. The van der Waals surface area contributed by atoms with Gasteiger partial charge in [-0.1, -0.05) is 24.1 Å². The SMILES string of the molecule is C#CCOc1ccccc1CNc1ccc(OC)c(F)c1. The Morgan fingerprint density at radius 3 is 2.71 bits per heavy atom. The average molecular weight is 285 g/mol. The molecule has 2 aromatic carbocycles. The Bertz CT molecular complexity index is 649. The fourth-order valence-electron chi connectivity index (χ4n) is 1.88. The van der Waals surface area contributed by atoms with Crippen LogP contribution in [0.25, 0.3) is 0 Å². The normalized spacial score (nSPS) is 9.76. The van der Waals surface area contributed by atoms with Gasteiger partial charge in [0.1, 0.15) is 12.4 Å². The summed E-state index contributed by atoms with van der Waals surface area (Å²) < 4.78 is 24.0. The number of rotatable bonds is 6. The Kier molecular flexibility index (Phi) is 5.05. The van der Waals surface area contributed by atoms with Crippen molar-refractivity contribution in [3.8, 4) is 23.8 Å². The number of ether oxygens (including phenoxy) is 2. The van der Waals surface area contributed by atoms with Gasteiger partial charge in [0, 0.05) is 23.9 Å². The van der Waals surface area contributed by atoms with E-state index in [0.29, 0.717) is 12.2 Å². The minimum Gasteiger partial charge on any atom is -0.494 e. The summed E-state index contributed by atoms with van der Waals surface area (Å²) in [5, 5.41) is 3.14. The standard InChI is InChI=1S/C17H16FNO2/c1-3-10-21-16-7-5-4-6-13(16)12-19-14-8-9-17(20-2)15(18)11-14/h1,4-9,11,19H,10,12H2,2H3. The summed E-state index contributed by atoms with van der Waals surface area (Å²) in [5.74, 6) is 2.97. The molecule has 1 N–H and O–H groups in total. The van der Waals surface area contributed by atoms with Crippen LogP contribution in [0.15, 0.2) is 42.5 Å². The zero-order valence-corrected chi connectivity index (χ0v) is 11.7. The van der Waals surface area contributed by atoms with E-state index in [4.69, 9.17) is 15.9 Å². The first-order valence-corrected chi connectivity index (χ1v) is 6.46.